The lowest BCUT2D eigenvalue weighted by Crippen LogP contribution is -1.86. The number of nitriles is 1. The molecule has 0 radical (unpaired) electrons. The summed E-state index contributed by atoms with van der Waals surface area (Å²) in [5.74, 6) is 0.0615. The molecule has 0 fully saturated rings. The third kappa shape index (κ3) is 2.08. The summed E-state index contributed by atoms with van der Waals surface area (Å²) in [6.07, 6.45) is 0. The molecule has 0 saturated carbocycles. The van der Waals surface area contributed by atoms with Gasteiger partial charge >= 0.3 is 0 Å². The molecule has 0 atom stereocenters. The largest absolute Gasteiger partial charge is 0.497 e. The predicted octanol–water partition coefficient (Wildman–Crippen LogP) is 3.02. The molecule has 3 nitrogen and oxygen atoms in total. The summed E-state index contributed by atoms with van der Waals surface area (Å²) in [7, 11) is 1.48. The summed E-state index contributed by atoms with van der Waals surface area (Å²) in [6.45, 7) is 0. The lowest BCUT2D eigenvalue weighted by atomic mass is 10.1. The van der Waals surface area contributed by atoms with Crippen molar-refractivity contribution in [1.29, 1.82) is 5.26 Å². The van der Waals surface area contributed by atoms with Crippen molar-refractivity contribution >= 4 is 17.0 Å². The summed E-state index contributed by atoms with van der Waals surface area (Å²) in [5.41, 5.74) is 6.43. The van der Waals surface area contributed by atoms with Gasteiger partial charge in [-0.25, -0.2) is 4.39 Å². The Bertz CT molecular complexity index is 601. The number of nitrogen functional groups attached to an aromatic ring is 1. The van der Waals surface area contributed by atoms with E-state index in [-0.39, 0.29) is 0 Å². The zero-order valence-electron chi connectivity index (χ0n) is 9.03. The zero-order chi connectivity index (χ0) is 12.4. The Balaban J connectivity index is 2.50. The molecule has 0 bridgehead atoms. The normalized spacial score (nSPS) is 9.94. The van der Waals surface area contributed by atoms with Crippen molar-refractivity contribution in [3.05, 3.63) is 35.0 Å². The van der Waals surface area contributed by atoms with Crippen molar-refractivity contribution < 1.29 is 9.13 Å². The molecule has 0 aliphatic rings. The van der Waals surface area contributed by atoms with E-state index in [1.165, 1.54) is 24.5 Å². The second-order valence-corrected chi connectivity index (χ2v) is 4.40. The molecule has 1 aromatic carbocycles. The minimum absolute atomic E-state index is 0.378. The van der Waals surface area contributed by atoms with Gasteiger partial charge in [-0.05, 0) is 18.2 Å². The second kappa shape index (κ2) is 4.44. The fourth-order valence-electron chi connectivity index (χ4n) is 1.45. The molecule has 0 saturated heterocycles. The SMILES string of the molecule is COc1ccc(-c2cc(N)c(C#N)s2)c(F)c1. The van der Waals surface area contributed by atoms with Crippen molar-refractivity contribution in [2.75, 3.05) is 12.8 Å². The van der Waals surface area contributed by atoms with Crippen molar-refractivity contribution in [3.63, 3.8) is 0 Å². The third-order valence-electron chi connectivity index (χ3n) is 2.30. The molecule has 2 N–H and O–H groups in total. The highest BCUT2D eigenvalue weighted by Crippen LogP contribution is 2.35. The van der Waals surface area contributed by atoms with E-state index < -0.39 is 5.82 Å². The van der Waals surface area contributed by atoms with E-state index in [1.807, 2.05) is 6.07 Å². The summed E-state index contributed by atoms with van der Waals surface area (Å²) in [6, 6.07) is 8.16. The molecule has 0 unspecified atom stereocenters. The average molecular weight is 248 g/mol. The van der Waals surface area contributed by atoms with Crippen LogP contribution in [0, 0.1) is 17.1 Å². The van der Waals surface area contributed by atoms with Crippen LogP contribution in [0.5, 0.6) is 5.75 Å². The van der Waals surface area contributed by atoms with Gasteiger partial charge in [0.1, 0.15) is 22.5 Å². The highest BCUT2D eigenvalue weighted by atomic mass is 32.1. The van der Waals surface area contributed by atoms with Crippen LogP contribution in [0.2, 0.25) is 0 Å². The number of ether oxygens (including phenoxy) is 1. The maximum Gasteiger partial charge on any atom is 0.135 e. The Labute approximate surface area is 102 Å². The number of nitrogens with zero attached hydrogens (tertiary/aromatic N) is 1. The van der Waals surface area contributed by atoms with Gasteiger partial charge in [0.2, 0.25) is 0 Å². The van der Waals surface area contributed by atoms with Crippen LogP contribution in [0.15, 0.2) is 24.3 Å². The lowest BCUT2D eigenvalue weighted by molar-refractivity contribution is 0.411. The van der Waals surface area contributed by atoms with E-state index in [4.69, 9.17) is 15.7 Å². The molecular weight excluding hydrogens is 239 g/mol. The van der Waals surface area contributed by atoms with Crippen LogP contribution in [0.4, 0.5) is 10.1 Å². The quantitative estimate of drug-likeness (QED) is 0.888. The molecule has 86 valence electrons. The fourth-order valence-corrected chi connectivity index (χ4v) is 2.35. The molecule has 2 rings (SSSR count). The maximum absolute atomic E-state index is 13.8. The van der Waals surface area contributed by atoms with Crippen molar-refractivity contribution in [3.8, 4) is 22.3 Å². The second-order valence-electron chi connectivity index (χ2n) is 3.35. The van der Waals surface area contributed by atoms with Crippen LogP contribution in [0.3, 0.4) is 0 Å². The molecule has 17 heavy (non-hydrogen) atoms. The highest BCUT2D eigenvalue weighted by Gasteiger charge is 2.12. The van der Waals surface area contributed by atoms with Gasteiger partial charge < -0.3 is 10.5 Å². The molecular formula is C12H9FN2OS. The Kier molecular flexibility index (Phi) is 2.98. The van der Waals surface area contributed by atoms with Gasteiger partial charge in [-0.1, -0.05) is 0 Å². The molecule has 0 aliphatic heterocycles. The van der Waals surface area contributed by atoms with Gasteiger partial charge in [0, 0.05) is 16.5 Å². The number of halogens is 1. The van der Waals surface area contributed by atoms with Crippen LogP contribution in [-0.2, 0) is 0 Å². The van der Waals surface area contributed by atoms with E-state index >= 15 is 0 Å². The Morgan fingerprint density at radius 1 is 1.41 bits per heavy atom. The molecule has 1 heterocycles. The molecule has 1 aromatic heterocycles. The highest BCUT2D eigenvalue weighted by molar-refractivity contribution is 7.16. The first-order valence-corrected chi connectivity index (χ1v) is 5.60. The van der Waals surface area contributed by atoms with Gasteiger partial charge in [0.05, 0.1) is 12.8 Å². The number of benzene rings is 1. The number of anilines is 1. The van der Waals surface area contributed by atoms with Gasteiger partial charge in [0.25, 0.3) is 0 Å². The first-order chi connectivity index (χ1) is 8.15. The summed E-state index contributed by atoms with van der Waals surface area (Å²) < 4.78 is 18.7. The number of hydrogen-bond donors (Lipinski definition) is 1. The Morgan fingerprint density at radius 3 is 2.71 bits per heavy atom. The minimum Gasteiger partial charge on any atom is -0.497 e. The minimum atomic E-state index is -0.393. The number of hydrogen-bond acceptors (Lipinski definition) is 4. The third-order valence-corrected chi connectivity index (χ3v) is 3.39. The van der Waals surface area contributed by atoms with Gasteiger partial charge in [-0.2, -0.15) is 5.26 Å². The molecule has 0 aliphatic carbocycles. The van der Waals surface area contributed by atoms with Gasteiger partial charge in [-0.15, -0.1) is 11.3 Å². The Hall–Kier alpha value is -2.06. The first kappa shape index (κ1) is 11.4. The monoisotopic (exact) mass is 248 g/mol. The van der Waals surface area contributed by atoms with Crippen LogP contribution in [0.1, 0.15) is 4.88 Å². The van der Waals surface area contributed by atoms with Crippen molar-refractivity contribution in [1.82, 2.24) is 0 Å². The van der Waals surface area contributed by atoms with E-state index in [0.29, 0.717) is 26.8 Å². The van der Waals surface area contributed by atoms with Crippen LogP contribution in [-0.4, -0.2) is 7.11 Å². The Morgan fingerprint density at radius 2 is 2.18 bits per heavy atom. The molecule has 2 aromatic rings. The van der Waals surface area contributed by atoms with E-state index in [0.717, 1.165) is 0 Å². The van der Waals surface area contributed by atoms with E-state index in [2.05, 4.69) is 0 Å². The van der Waals surface area contributed by atoms with Crippen LogP contribution in [0.25, 0.3) is 10.4 Å². The number of nitrogens with two attached hydrogens (primary N) is 1. The standard InChI is InChI=1S/C12H9FN2OS/c1-16-7-2-3-8(9(13)4-7)11-5-10(15)12(6-14)17-11/h2-5H,15H2,1H3. The summed E-state index contributed by atoms with van der Waals surface area (Å²) >= 11 is 1.17. The molecule has 0 amide bonds. The molecule has 5 heteroatoms. The number of thiophene rings is 1. The van der Waals surface area contributed by atoms with Crippen molar-refractivity contribution in [2.24, 2.45) is 0 Å². The van der Waals surface area contributed by atoms with E-state index in [9.17, 15) is 4.39 Å². The summed E-state index contributed by atoms with van der Waals surface area (Å²) in [5, 5.41) is 8.80. The topological polar surface area (TPSA) is 59.0 Å². The van der Waals surface area contributed by atoms with E-state index in [1.54, 1.807) is 18.2 Å². The first-order valence-electron chi connectivity index (χ1n) is 4.79. The average Bonchev–Trinajstić information content (AvgIpc) is 2.70. The summed E-state index contributed by atoms with van der Waals surface area (Å²) in [4.78, 5) is 1.04. The molecule has 0 spiro atoms. The maximum atomic E-state index is 13.8. The van der Waals surface area contributed by atoms with Crippen LogP contribution >= 0.6 is 11.3 Å². The fraction of sp³-hybridized carbons (Fsp3) is 0.0833. The lowest BCUT2D eigenvalue weighted by Gasteiger charge is -2.03. The number of methoxy groups -OCH3 is 1. The number of rotatable bonds is 2. The smallest absolute Gasteiger partial charge is 0.135 e. The van der Waals surface area contributed by atoms with Crippen molar-refractivity contribution in [2.45, 2.75) is 0 Å². The zero-order valence-corrected chi connectivity index (χ0v) is 9.84. The van der Waals surface area contributed by atoms with Gasteiger partial charge in [0.15, 0.2) is 0 Å². The van der Waals surface area contributed by atoms with Crippen LogP contribution < -0.4 is 10.5 Å². The van der Waals surface area contributed by atoms with Gasteiger partial charge in [-0.3, -0.25) is 0 Å². The predicted molar refractivity (Wildman–Crippen MR) is 65.4 cm³/mol.